The quantitative estimate of drug-likeness (QED) is 0.269. The summed E-state index contributed by atoms with van der Waals surface area (Å²) in [7, 11) is 2.15. The van der Waals surface area contributed by atoms with Crippen molar-refractivity contribution >= 4 is 44.6 Å². The topological polar surface area (TPSA) is 3.24 Å². The second-order valence-electron chi connectivity index (χ2n) is 7.88. The fourth-order valence-corrected chi connectivity index (χ4v) is 4.77. The molecule has 1 nitrogen and oxygen atoms in total. The van der Waals surface area contributed by atoms with Gasteiger partial charge in [-0.2, -0.15) is 0 Å². The van der Waals surface area contributed by atoms with E-state index in [1.807, 2.05) is 0 Å². The maximum atomic E-state index is 2.40. The molecule has 0 atom stereocenters. The van der Waals surface area contributed by atoms with Crippen LogP contribution in [0, 0.1) is 0 Å². The molecule has 0 aliphatic carbocycles. The van der Waals surface area contributed by atoms with Gasteiger partial charge in [0.05, 0.1) is 0 Å². The van der Waals surface area contributed by atoms with Gasteiger partial charge in [0, 0.05) is 29.5 Å². The van der Waals surface area contributed by atoms with E-state index < -0.39 is 0 Å². The standard InChI is InChI=1S/C29H21N/c1-30-28-16-8-6-14-24(28)27(25-15-7-9-17-29(25)30)19-26-22-12-4-2-10-20(22)18-21-11-3-5-13-23(21)26/h2-19H,1H3. The molecule has 0 unspecified atom stereocenters. The molecule has 1 aliphatic heterocycles. The van der Waals surface area contributed by atoms with Crippen LogP contribution in [-0.2, 0) is 0 Å². The Labute approximate surface area is 176 Å². The zero-order chi connectivity index (χ0) is 20.1. The summed E-state index contributed by atoms with van der Waals surface area (Å²) < 4.78 is 0. The Hall–Kier alpha value is -3.84. The highest BCUT2D eigenvalue weighted by Crippen LogP contribution is 2.45. The molecule has 6 rings (SSSR count). The van der Waals surface area contributed by atoms with Gasteiger partial charge in [-0.05, 0) is 57.0 Å². The number of para-hydroxylation sites is 2. The Balaban J connectivity index is 1.74. The van der Waals surface area contributed by atoms with Gasteiger partial charge in [0.15, 0.2) is 0 Å². The Morgan fingerprint density at radius 1 is 0.567 bits per heavy atom. The smallest absolute Gasteiger partial charge is 0.0488 e. The molecule has 5 aromatic rings. The van der Waals surface area contributed by atoms with Gasteiger partial charge in [-0.3, -0.25) is 0 Å². The lowest BCUT2D eigenvalue weighted by atomic mass is 9.87. The monoisotopic (exact) mass is 383 g/mol. The molecule has 0 saturated heterocycles. The molecular weight excluding hydrogens is 362 g/mol. The van der Waals surface area contributed by atoms with E-state index in [1.54, 1.807) is 0 Å². The van der Waals surface area contributed by atoms with Gasteiger partial charge in [0.1, 0.15) is 0 Å². The first kappa shape index (κ1) is 17.1. The molecule has 0 N–H and O–H groups in total. The maximum Gasteiger partial charge on any atom is 0.0488 e. The molecular formula is C29H21N. The first-order valence-corrected chi connectivity index (χ1v) is 10.4. The van der Waals surface area contributed by atoms with E-state index in [4.69, 9.17) is 0 Å². The summed E-state index contributed by atoms with van der Waals surface area (Å²) in [5, 5.41) is 5.13. The first-order chi connectivity index (χ1) is 14.8. The first-order valence-electron chi connectivity index (χ1n) is 10.4. The highest BCUT2D eigenvalue weighted by Gasteiger charge is 2.23. The molecule has 0 fully saturated rings. The predicted octanol–water partition coefficient (Wildman–Crippen LogP) is 7.66. The summed E-state index contributed by atoms with van der Waals surface area (Å²) in [5.41, 5.74) is 7.60. The minimum absolute atomic E-state index is 1.24. The third-order valence-electron chi connectivity index (χ3n) is 6.21. The maximum absolute atomic E-state index is 2.40. The van der Waals surface area contributed by atoms with Gasteiger partial charge in [-0.25, -0.2) is 0 Å². The number of benzene rings is 5. The summed E-state index contributed by atoms with van der Waals surface area (Å²) in [5.74, 6) is 0. The zero-order valence-corrected chi connectivity index (χ0v) is 16.8. The molecule has 0 spiro atoms. The second kappa shape index (κ2) is 6.60. The normalized spacial score (nSPS) is 12.7. The fraction of sp³-hybridized carbons (Fsp3) is 0.0345. The van der Waals surface area contributed by atoms with E-state index in [9.17, 15) is 0 Å². The van der Waals surface area contributed by atoms with Crippen LogP contribution in [0.3, 0.4) is 0 Å². The van der Waals surface area contributed by atoms with E-state index in [1.165, 1.54) is 55.2 Å². The van der Waals surface area contributed by atoms with Crippen LogP contribution in [0.2, 0.25) is 0 Å². The SMILES string of the molecule is CN1c2ccccc2C(=Cc2c3ccccc3cc3ccccc23)c2ccccc21. The summed E-state index contributed by atoms with van der Waals surface area (Å²) in [6.07, 6.45) is 2.40. The largest absolute Gasteiger partial charge is 0.344 e. The van der Waals surface area contributed by atoms with Crippen molar-refractivity contribution in [3.8, 4) is 0 Å². The minimum Gasteiger partial charge on any atom is -0.344 e. The van der Waals surface area contributed by atoms with E-state index in [0.29, 0.717) is 0 Å². The van der Waals surface area contributed by atoms with Crippen LogP contribution in [0.5, 0.6) is 0 Å². The highest BCUT2D eigenvalue weighted by molar-refractivity contribution is 6.12. The minimum atomic E-state index is 1.24. The lowest BCUT2D eigenvalue weighted by molar-refractivity contribution is 1.17. The number of hydrogen-bond acceptors (Lipinski definition) is 1. The molecule has 0 bridgehead atoms. The zero-order valence-electron chi connectivity index (χ0n) is 16.8. The Kier molecular flexibility index (Phi) is 3.75. The van der Waals surface area contributed by atoms with Gasteiger partial charge >= 0.3 is 0 Å². The van der Waals surface area contributed by atoms with Crippen LogP contribution in [0.4, 0.5) is 11.4 Å². The Bertz CT molecular complexity index is 1350. The van der Waals surface area contributed by atoms with Crippen molar-refractivity contribution < 1.29 is 0 Å². The molecule has 30 heavy (non-hydrogen) atoms. The average Bonchev–Trinajstić information content (AvgIpc) is 2.81. The Morgan fingerprint density at radius 3 is 1.60 bits per heavy atom. The summed E-state index contributed by atoms with van der Waals surface area (Å²) in [4.78, 5) is 2.29. The molecule has 1 heterocycles. The molecule has 0 aromatic heterocycles. The van der Waals surface area contributed by atoms with Crippen molar-refractivity contribution in [1.82, 2.24) is 0 Å². The lowest BCUT2D eigenvalue weighted by Gasteiger charge is -2.32. The van der Waals surface area contributed by atoms with Crippen LogP contribution in [0.25, 0.3) is 33.2 Å². The van der Waals surface area contributed by atoms with Crippen LogP contribution < -0.4 is 4.90 Å². The molecule has 1 aliphatic rings. The molecule has 1 heteroatoms. The third kappa shape index (κ3) is 2.49. The van der Waals surface area contributed by atoms with Gasteiger partial charge in [-0.1, -0.05) is 84.9 Å². The van der Waals surface area contributed by atoms with Crippen molar-refractivity contribution in [1.29, 1.82) is 0 Å². The van der Waals surface area contributed by atoms with Crippen molar-refractivity contribution in [2.75, 3.05) is 11.9 Å². The van der Waals surface area contributed by atoms with Crippen molar-refractivity contribution in [2.24, 2.45) is 0 Å². The van der Waals surface area contributed by atoms with Crippen molar-refractivity contribution in [3.05, 3.63) is 120 Å². The number of anilines is 2. The summed E-state index contributed by atoms with van der Waals surface area (Å²) in [6.45, 7) is 0. The van der Waals surface area contributed by atoms with Gasteiger partial charge in [0.2, 0.25) is 0 Å². The van der Waals surface area contributed by atoms with Crippen molar-refractivity contribution in [3.63, 3.8) is 0 Å². The third-order valence-corrected chi connectivity index (χ3v) is 6.21. The van der Waals surface area contributed by atoms with E-state index >= 15 is 0 Å². The van der Waals surface area contributed by atoms with Crippen LogP contribution in [-0.4, -0.2) is 7.05 Å². The van der Waals surface area contributed by atoms with E-state index in [-0.39, 0.29) is 0 Å². The lowest BCUT2D eigenvalue weighted by Crippen LogP contribution is -2.17. The number of fused-ring (bicyclic) bond motifs is 4. The molecule has 0 saturated carbocycles. The fourth-order valence-electron chi connectivity index (χ4n) is 4.77. The Morgan fingerprint density at radius 2 is 1.03 bits per heavy atom. The van der Waals surface area contributed by atoms with Crippen LogP contribution >= 0.6 is 0 Å². The molecule has 0 amide bonds. The molecule has 0 radical (unpaired) electrons. The van der Waals surface area contributed by atoms with Gasteiger partial charge in [-0.15, -0.1) is 0 Å². The molecule has 5 aromatic carbocycles. The van der Waals surface area contributed by atoms with Gasteiger partial charge in [0.25, 0.3) is 0 Å². The van der Waals surface area contributed by atoms with Crippen molar-refractivity contribution in [2.45, 2.75) is 0 Å². The number of nitrogens with zero attached hydrogens (tertiary/aromatic N) is 1. The van der Waals surface area contributed by atoms with E-state index in [2.05, 4.69) is 121 Å². The van der Waals surface area contributed by atoms with Crippen LogP contribution in [0.1, 0.15) is 16.7 Å². The van der Waals surface area contributed by atoms with Crippen LogP contribution in [0.15, 0.2) is 103 Å². The summed E-state index contributed by atoms with van der Waals surface area (Å²) >= 11 is 0. The number of hydrogen-bond donors (Lipinski definition) is 0. The average molecular weight is 383 g/mol. The molecule has 142 valence electrons. The second-order valence-corrected chi connectivity index (χ2v) is 7.88. The van der Waals surface area contributed by atoms with E-state index in [0.717, 1.165) is 0 Å². The predicted molar refractivity (Wildman–Crippen MR) is 129 cm³/mol. The highest BCUT2D eigenvalue weighted by atomic mass is 15.1. The number of rotatable bonds is 1. The summed E-state index contributed by atoms with van der Waals surface area (Å²) in [6, 6.07) is 37.1. The van der Waals surface area contributed by atoms with Gasteiger partial charge < -0.3 is 4.90 Å².